The van der Waals surface area contributed by atoms with Crippen LogP contribution in [0.5, 0.6) is 0 Å². The largest absolute Gasteiger partial charge is 0.376 e. The summed E-state index contributed by atoms with van der Waals surface area (Å²) in [5.41, 5.74) is 1.61. The number of thioether (sulfide) groups is 1. The fourth-order valence-corrected chi connectivity index (χ4v) is 4.47. The van der Waals surface area contributed by atoms with Crippen LogP contribution in [0.15, 0.2) is 64.5 Å². The van der Waals surface area contributed by atoms with E-state index in [-0.39, 0.29) is 29.4 Å². The first-order valence-corrected chi connectivity index (χ1v) is 11.2. The maximum atomic E-state index is 13.1. The van der Waals surface area contributed by atoms with E-state index in [4.69, 9.17) is 4.74 Å². The zero-order valence-corrected chi connectivity index (χ0v) is 17.7. The van der Waals surface area contributed by atoms with E-state index in [0.717, 1.165) is 25.0 Å². The third kappa shape index (κ3) is 4.74. The summed E-state index contributed by atoms with van der Waals surface area (Å²) in [4.78, 5) is 30.3. The second-order valence-corrected chi connectivity index (χ2v) is 8.39. The van der Waals surface area contributed by atoms with Crippen LogP contribution in [0, 0.1) is 0 Å². The molecule has 2 heterocycles. The van der Waals surface area contributed by atoms with Gasteiger partial charge in [0.25, 0.3) is 5.56 Å². The number of hydrogen-bond donors (Lipinski definition) is 1. The molecular weight excluding hydrogens is 398 g/mol. The molecule has 1 saturated heterocycles. The van der Waals surface area contributed by atoms with Crippen molar-refractivity contribution in [1.82, 2.24) is 14.9 Å². The van der Waals surface area contributed by atoms with E-state index in [2.05, 4.69) is 10.3 Å². The average molecular weight is 424 g/mol. The highest BCUT2D eigenvalue weighted by Gasteiger charge is 2.21. The molecule has 30 heavy (non-hydrogen) atoms. The molecule has 1 aromatic heterocycles. The summed E-state index contributed by atoms with van der Waals surface area (Å²) in [6.07, 6.45) is 1.94. The molecule has 1 amide bonds. The molecule has 1 aliphatic rings. The molecule has 0 unspecified atom stereocenters. The van der Waals surface area contributed by atoms with Gasteiger partial charge in [0.2, 0.25) is 5.91 Å². The summed E-state index contributed by atoms with van der Waals surface area (Å²) in [7, 11) is 0. The van der Waals surface area contributed by atoms with Crippen molar-refractivity contribution in [2.45, 2.75) is 43.6 Å². The highest BCUT2D eigenvalue weighted by Crippen LogP contribution is 2.21. The van der Waals surface area contributed by atoms with Gasteiger partial charge in [-0.1, -0.05) is 54.2 Å². The molecule has 2 atom stereocenters. The number of ether oxygens (including phenoxy) is 1. The van der Waals surface area contributed by atoms with Gasteiger partial charge in [-0.2, -0.15) is 0 Å². The maximum Gasteiger partial charge on any atom is 0.262 e. The van der Waals surface area contributed by atoms with E-state index in [0.29, 0.717) is 22.6 Å². The van der Waals surface area contributed by atoms with E-state index in [1.165, 1.54) is 11.8 Å². The van der Waals surface area contributed by atoms with Crippen molar-refractivity contribution >= 4 is 28.6 Å². The number of nitrogens with one attached hydrogen (secondary N) is 1. The van der Waals surface area contributed by atoms with Crippen molar-refractivity contribution in [1.29, 1.82) is 0 Å². The van der Waals surface area contributed by atoms with Crippen LogP contribution in [-0.2, 0) is 16.1 Å². The van der Waals surface area contributed by atoms with E-state index in [1.54, 1.807) is 10.6 Å². The molecule has 2 aromatic carbocycles. The quantitative estimate of drug-likeness (QED) is 0.465. The number of hydrogen-bond acceptors (Lipinski definition) is 5. The van der Waals surface area contributed by atoms with Crippen LogP contribution in [0.4, 0.5) is 0 Å². The van der Waals surface area contributed by atoms with Gasteiger partial charge in [0, 0.05) is 6.61 Å². The van der Waals surface area contributed by atoms with Crippen LogP contribution < -0.4 is 10.9 Å². The van der Waals surface area contributed by atoms with Gasteiger partial charge >= 0.3 is 0 Å². The summed E-state index contributed by atoms with van der Waals surface area (Å²) in [6, 6.07) is 17.1. The first-order chi connectivity index (χ1) is 14.6. The zero-order chi connectivity index (χ0) is 20.9. The standard InChI is InChI=1S/C23H25N3O3S/c1-16(17-8-3-2-4-9-17)24-21(27)15-30-23-25-20-12-6-5-11-19(20)22(28)26(23)14-18-10-7-13-29-18/h2-6,8-9,11-12,16,18H,7,10,13-15H2,1H3,(H,24,27)/t16-,18+/m1/s1. The van der Waals surface area contributed by atoms with E-state index >= 15 is 0 Å². The van der Waals surface area contributed by atoms with Gasteiger partial charge in [-0.15, -0.1) is 0 Å². The van der Waals surface area contributed by atoms with Gasteiger partial charge < -0.3 is 10.1 Å². The maximum absolute atomic E-state index is 13.1. The summed E-state index contributed by atoms with van der Waals surface area (Å²) in [5.74, 6) is 0.0930. The molecular formula is C23H25N3O3S. The number of aromatic nitrogens is 2. The van der Waals surface area contributed by atoms with Gasteiger partial charge in [0.05, 0.1) is 35.3 Å². The topological polar surface area (TPSA) is 73.2 Å². The normalized spacial score (nSPS) is 17.2. The van der Waals surface area contributed by atoms with Crippen molar-refractivity contribution in [3.63, 3.8) is 0 Å². The van der Waals surface area contributed by atoms with Crippen LogP contribution in [0.25, 0.3) is 10.9 Å². The first kappa shape index (κ1) is 20.6. The number of amides is 1. The summed E-state index contributed by atoms with van der Waals surface area (Å²) in [5, 5.41) is 4.15. The van der Waals surface area contributed by atoms with Crippen LogP contribution >= 0.6 is 11.8 Å². The second kappa shape index (κ2) is 9.45. The van der Waals surface area contributed by atoms with Gasteiger partial charge in [0.15, 0.2) is 5.16 Å². The Morgan fingerprint density at radius 1 is 1.23 bits per heavy atom. The predicted octanol–water partition coefficient (Wildman–Crippen LogP) is 3.55. The lowest BCUT2D eigenvalue weighted by Gasteiger charge is -2.17. The Hall–Kier alpha value is -2.64. The number of rotatable bonds is 7. The Labute approximate surface area is 179 Å². The molecule has 0 spiro atoms. The third-order valence-electron chi connectivity index (χ3n) is 5.25. The molecule has 7 heteroatoms. The Kier molecular flexibility index (Phi) is 6.50. The summed E-state index contributed by atoms with van der Waals surface area (Å²) < 4.78 is 7.39. The molecule has 0 radical (unpaired) electrons. The molecule has 156 valence electrons. The minimum Gasteiger partial charge on any atom is -0.376 e. The highest BCUT2D eigenvalue weighted by molar-refractivity contribution is 7.99. The molecule has 1 fully saturated rings. The van der Waals surface area contributed by atoms with Gasteiger partial charge in [-0.05, 0) is 37.5 Å². The molecule has 4 rings (SSSR count). The molecule has 3 aromatic rings. The van der Waals surface area contributed by atoms with Crippen LogP contribution in [0.3, 0.4) is 0 Å². The lowest BCUT2D eigenvalue weighted by Crippen LogP contribution is -2.30. The molecule has 6 nitrogen and oxygen atoms in total. The molecule has 1 aliphatic heterocycles. The number of carbonyl (C=O) groups excluding carboxylic acids is 1. The number of para-hydroxylation sites is 1. The van der Waals surface area contributed by atoms with E-state index in [9.17, 15) is 9.59 Å². The number of benzene rings is 2. The fraction of sp³-hybridized carbons (Fsp3) is 0.348. The van der Waals surface area contributed by atoms with Crippen LogP contribution in [-0.4, -0.2) is 33.9 Å². The summed E-state index contributed by atoms with van der Waals surface area (Å²) in [6.45, 7) is 3.14. The molecule has 1 N–H and O–H groups in total. The smallest absolute Gasteiger partial charge is 0.262 e. The minimum absolute atomic E-state index is 0.0111. The van der Waals surface area contributed by atoms with Crippen molar-refractivity contribution in [3.05, 3.63) is 70.5 Å². The second-order valence-electron chi connectivity index (χ2n) is 7.45. The van der Waals surface area contributed by atoms with Gasteiger partial charge in [0.1, 0.15) is 0 Å². The van der Waals surface area contributed by atoms with E-state index < -0.39 is 0 Å². The Bertz CT molecular complexity index is 1080. The lowest BCUT2D eigenvalue weighted by atomic mass is 10.1. The van der Waals surface area contributed by atoms with E-state index in [1.807, 2.05) is 55.5 Å². The summed E-state index contributed by atoms with van der Waals surface area (Å²) >= 11 is 1.29. The van der Waals surface area contributed by atoms with Crippen LogP contribution in [0.2, 0.25) is 0 Å². The lowest BCUT2D eigenvalue weighted by molar-refractivity contribution is -0.119. The highest BCUT2D eigenvalue weighted by atomic mass is 32.2. The predicted molar refractivity (Wildman–Crippen MR) is 119 cm³/mol. The molecule has 0 aliphatic carbocycles. The number of fused-ring (bicyclic) bond motifs is 1. The van der Waals surface area contributed by atoms with Crippen LogP contribution in [0.1, 0.15) is 31.4 Å². The molecule has 0 saturated carbocycles. The molecule has 0 bridgehead atoms. The Morgan fingerprint density at radius 3 is 2.77 bits per heavy atom. The van der Waals surface area contributed by atoms with Gasteiger partial charge in [-0.3, -0.25) is 14.2 Å². The SMILES string of the molecule is C[C@@H](NC(=O)CSc1nc2ccccc2c(=O)n1C[C@@H]1CCCO1)c1ccccc1. The fourth-order valence-electron chi connectivity index (χ4n) is 3.65. The van der Waals surface area contributed by atoms with Crippen molar-refractivity contribution in [2.75, 3.05) is 12.4 Å². The average Bonchev–Trinajstić information content (AvgIpc) is 3.28. The number of nitrogens with zero attached hydrogens (tertiary/aromatic N) is 2. The Morgan fingerprint density at radius 2 is 2.00 bits per heavy atom. The van der Waals surface area contributed by atoms with Gasteiger partial charge in [-0.25, -0.2) is 4.98 Å². The third-order valence-corrected chi connectivity index (χ3v) is 6.22. The van der Waals surface area contributed by atoms with Crippen molar-refractivity contribution in [3.8, 4) is 0 Å². The minimum atomic E-state index is -0.0950. The van der Waals surface area contributed by atoms with Crippen molar-refractivity contribution < 1.29 is 9.53 Å². The van der Waals surface area contributed by atoms with Crippen molar-refractivity contribution in [2.24, 2.45) is 0 Å². The number of carbonyl (C=O) groups is 1. The first-order valence-electron chi connectivity index (χ1n) is 10.2. The zero-order valence-electron chi connectivity index (χ0n) is 16.9. The Balaban J connectivity index is 1.52. The monoisotopic (exact) mass is 423 g/mol.